The molecule has 1 aromatic rings. The summed E-state index contributed by atoms with van der Waals surface area (Å²) in [5, 5.41) is 0.671. The Hall–Kier alpha value is -0.820. The summed E-state index contributed by atoms with van der Waals surface area (Å²) in [6, 6.07) is 5.52. The van der Waals surface area contributed by atoms with Crippen molar-refractivity contribution in [3.63, 3.8) is 0 Å². The molecule has 0 amide bonds. The summed E-state index contributed by atoms with van der Waals surface area (Å²) in [7, 11) is 0. The molecule has 1 unspecified atom stereocenters. The molecule has 0 N–H and O–H groups in total. The van der Waals surface area contributed by atoms with Crippen molar-refractivity contribution < 1.29 is 4.79 Å². The second kappa shape index (κ2) is 5.32. The van der Waals surface area contributed by atoms with Crippen LogP contribution < -0.4 is 0 Å². The van der Waals surface area contributed by atoms with Gasteiger partial charge in [-0.2, -0.15) is 0 Å². The fourth-order valence-electron chi connectivity index (χ4n) is 1.59. The standard InChI is InChI=1S/C13H17ClO/c1-4-5-10(3)13(15)11-7-6-9(2)12(14)8-11/h6-8,10H,4-5H2,1-3H3. The van der Waals surface area contributed by atoms with Crippen LogP contribution in [0.2, 0.25) is 5.02 Å². The Kier molecular flexibility index (Phi) is 4.34. The molecule has 0 aromatic heterocycles. The van der Waals surface area contributed by atoms with E-state index in [9.17, 15) is 4.79 Å². The molecular weight excluding hydrogens is 208 g/mol. The van der Waals surface area contributed by atoms with E-state index in [1.54, 1.807) is 6.07 Å². The molecule has 0 radical (unpaired) electrons. The quantitative estimate of drug-likeness (QED) is 0.699. The maximum atomic E-state index is 11.9. The Balaban J connectivity index is 2.87. The van der Waals surface area contributed by atoms with Crippen molar-refractivity contribution in [1.82, 2.24) is 0 Å². The van der Waals surface area contributed by atoms with Gasteiger partial charge in [0, 0.05) is 16.5 Å². The minimum atomic E-state index is 0.0915. The number of benzene rings is 1. The lowest BCUT2D eigenvalue weighted by atomic mass is 9.95. The van der Waals surface area contributed by atoms with E-state index in [2.05, 4.69) is 6.92 Å². The van der Waals surface area contributed by atoms with E-state index >= 15 is 0 Å². The lowest BCUT2D eigenvalue weighted by Crippen LogP contribution is -2.10. The molecule has 2 heteroatoms. The number of hydrogen-bond donors (Lipinski definition) is 0. The highest BCUT2D eigenvalue weighted by molar-refractivity contribution is 6.31. The number of carbonyl (C=O) groups excluding carboxylic acids is 1. The van der Waals surface area contributed by atoms with Gasteiger partial charge in [-0.05, 0) is 25.0 Å². The van der Waals surface area contributed by atoms with Crippen LogP contribution >= 0.6 is 11.6 Å². The molecule has 1 aromatic carbocycles. The fraction of sp³-hybridized carbons (Fsp3) is 0.462. The summed E-state index contributed by atoms with van der Waals surface area (Å²) in [5.74, 6) is 0.285. The molecule has 0 saturated heterocycles. The van der Waals surface area contributed by atoms with Gasteiger partial charge < -0.3 is 0 Å². The zero-order chi connectivity index (χ0) is 11.4. The summed E-state index contributed by atoms with van der Waals surface area (Å²) in [5.41, 5.74) is 1.74. The van der Waals surface area contributed by atoms with Crippen LogP contribution in [0.4, 0.5) is 0 Å². The van der Waals surface area contributed by atoms with Crippen LogP contribution in [0, 0.1) is 12.8 Å². The maximum absolute atomic E-state index is 11.9. The fourth-order valence-corrected chi connectivity index (χ4v) is 1.78. The second-order valence-electron chi connectivity index (χ2n) is 4.02. The normalized spacial score (nSPS) is 12.5. The van der Waals surface area contributed by atoms with E-state index in [1.165, 1.54) is 0 Å². The molecule has 0 spiro atoms. The highest BCUT2D eigenvalue weighted by Gasteiger charge is 2.14. The van der Waals surface area contributed by atoms with E-state index in [1.807, 2.05) is 26.0 Å². The first-order valence-corrected chi connectivity index (χ1v) is 5.74. The van der Waals surface area contributed by atoms with Crippen molar-refractivity contribution in [2.75, 3.05) is 0 Å². The Morgan fingerprint density at radius 2 is 2.13 bits per heavy atom. The Labute approximate surface area is 96.5 Å². The topological polar surface area (TPSA) is 17.1 Å². The van der Waals surface area contributed by atoms with Gasteiger partial charge in [-0.3, -0.25) is 4.79 Å². The van der Waals surface area contributed by atoms with E-state index in [0.717, 1.165) is 24.0 Å². The SMILES string of the molecule is CCCC(C)C(=O)c1ccc(C)c(Cl)c1. The molecule has 1 atom stereocenters. The zero-order valence-electron chi connectivity index (χ0n) is 9.51. The predicted octanol–water partition coefficient (Wildman–Crippen LogP) is 4.27. The van der Waals surface area contributed by atoms with Crippen molar-refractivity contribution in [2.45, 2.75) is 33.6 Å². The Bertz CT molecular complexity index is 358. The van der Waals surface area contributed by atoms with Crippen LogP contribution in [0.5, 0.6) is 0 Å². The second-order valence-corrected chi connectivity index (χ2v) is 4.43. The van der Waals surface area contributed by atoms with Crippen LogP contribution in [0.15, 0.2) is 18.2 Å². The largest absolute Gasteiger partial charge is 0.294 e. The van der Waals surface area contributed by atoms with Gasteiger partial charge in [0.2, 0.25) is 0 Å². The summed E-state index contributed by atoms with van der Waals surface area (Å²) >= 11 is 5.99. The van der Waals surface area contributed by atoms with Gasteiger partial charge >= 0.3 is 0 Å². The molecule has 0 fully saturated rings. The molecule has 0 bridgehead atoms. The first-order chi connectivity index (χ1) is 7.06. The van der Waals surface area contributed by atoms with Gasteiger partial charge in [0.15, 0.2) is 5.78 Å². The third-order valence-corrected chi connectivity index (χ3v) is 3.03. The molecule has 15 heavy (non-hydrogen) atoms. The van der Waals surface area contributed by atoms with Gasteiger partial charge in [0.05, 0.1) is 0 Å². The number of hydrogen-bond acceptors (Lipinski definition) is 1. The van der Waals surface area contributed by atoms with E-state index in [-0.39, 0.29) is 11.7 Å². The van der Waals surface area contributed by atoms with Gasteiger partial charge in [-0.1, -0.05) is 44.0 Å². The van der Waals surface area contributed by atoms with Crippen LogP contribution in [-0.4, -0.2) is 5.78 Å². The van der Waals surface area contributed by atoms with Crippen LogP contribution in [0.25, 0.3) is 0 Å². The number of halogens is 1. The first kappa shape index (κ1) is 12.3. The molecule has 1 rings (SSSR count). The number of carbonyl (C=O) groups is 1. The predicted molar refractivity (Wildman–Crippen MR) is 64.6 cm³/mol. The van der Waals surface area contributed by atoms with E-state index in [0.29, 0.717) is 5.02 Å². The van der Waals surface area contributed by atoms with Crippen molar-refractivity contribution in [3.8, 4) is 0 Å². The minimum Gasteiger partial charge on any atom is -0.294 e. The highest BCUT2D eigenvalue weighted by atomic mass is 35.5. The molecule has 82 valence electrons. The summed E-state index contributed by atoms with van der Waals surface area (Å²) in [6.07, 6.45) is 1.97. The summed E-state index contributed by atoms with van der Waals surface area (Å²) in [4.78, 5) is 11.9. The summed E-state index contributed by atoms with van der Waals surface area (Å²) < 4.78 is 0. The molecule has 0 aliphatic carbocycles. The maximum Gasteiger partial charge on any atom is 0.165 e. The highest BCUT2D eigenvalue weighted by Crippen LogP contribution is 2.20. The average Bonchev–Trinajstić information content (AvgIpc) is 2.21. The number of Topliss-reactive ketones (excluding diaryl/α,β-unsaturated/α-hetero) is 1. The van der Waals surface area contributed by atoms with Crippen molar-refractivity contribution >= 4 is 17.4 Å². The third-order valence-electron chi connectivity index (χ3n) is 2.63. The van der Waals surface area contributed by atoms with Crippen LogP contribution in [0.3, 0.4) is 0 Å². The third kappa shape index (κ3) is 3.07. The van der Waals surface area contributed by atoms with E-state index in [4.69, 9.17) is 11.6 Å². The van der Waals surface area contributed by atoms with E-state index < -0.39 is 0 Å². The van der Waals surface area contributed by atoms with Crippen molar-refractivity contribution in [1.29, 1.82) is 0 Å². The molecule has 1 nitrogen and oxygen atoms in total. The number of ketones is 1. The molecule has 0 heterocycles. The van der Waals surface area contributed by atoms with Gasteiger partial charge in [-0.25, -0.2) is 0 Å². The van der Waals surface area contributed by atoms with Crippen molar-refractivity contribution in [3.05, 3.63) is 34.3 Å². The zero-order valence-corrected chi connectivity index (χ0v) is 10.3. The van der Waals surface area contributed by atoms with Gasteiger partial charge in [-0.15, -0.1) is 0 Å². The monoisotopic (exact) mass is 224 g/mol. The summed E-state index contributed by atoms with van der Waals surface area (Å²) in [6.45, 7) is 6.00. The van der Waals surface area contributed by atoms with Crippen LogP contribution in [0.1, 0.15) is 42.6 Å². The Morgan fingerprint density at radius 3 is 2.67 bits per heavy atom. The Morgan fingerprint density at radius 1 is 1.47 bits per heavy atom. The first-order valence-electron chi connectivity index (χ1n) is 5.36. The van der Waals surface area contributed by atoms with Crippen LogP contribution in [-0.2, 0) is 0 Å². The lowest BCUT2D eigenvalue weighted by Gasteiger charge is -2.09. The average molecular weight is 225 g/mol. The minimum absolute atomic E-state index is 0.0915. The lowest BCUT2D eigenvalue weighted by molar-refractivity contribution is 0.0923. The smallest absolute Gasteiger partial charge is 0.165 e. The molecule has 0 aliphatic rings. The molecular formula is C13H17ClO. The van der Waals surface area contributed by atoms with Gasteiger partial charge in [0.1, 0.15) is 0 Å². The number of rotatable bonds is 4. The van der Waals surface area contributed by atoms with Crippen molar-refractivity contribution in [2.24, 2.45) is 5.92 Å². The molecule has 0 aliphatic heterocycles. The van der Waals surface area contributed by atoms with Gasteiger partial charge in [0.25, 0.3) is 0 Å². The molecule has 0 saturated carbocycles. The number of aryl methyl sites for hydroxylation is 1.